The summed E-state index contributed by atoms with van der Waals surface area (Å²) in [5, 5.41) is 26.3. The second kappa shape index (κ2) is 7.68. The van der Waals surface area contributed by atoms with E-state index in [9.17, 15) is 15.0 Å². The number of nitrogens with zero attached hydrogens (tertiary/aromatic N) is 2. The highest BCUT2D eigenvalue weighted by Crippen LogP contribution is 2.34. The number of aryl methyl sites for hydroxylation is 1. The second-order valence-electron chi connectivity index (χ2n) is 4.39. The van der Waals surface area contributed by atoms with E-state index in [1.165, 1.54) is 13.2 Å². The van der Waals surface area contributed by atoms with Crippen LogP contribution in [0.2, 0.25) is 0 Å². The van der Waals surface area contributed by atoms with Crippen molar-refractivity contribution in [3.63, 3.8) is 0 Å². The SMILES string of the molecule is CCc1nc(S/C(=C\c2cc(I)c(O)c(OC)c2)C(=O)O)n[nH]1. The number of aromatic nitrogens is 3. The van der Waals surface area contributed by atoms with Crippen LogP contribution in [0.4, 0.5) is 0 Å². The summed E-state index contributed by atoms with van der Waals surface area (Å²) in [6, 6.07) is 3.23. The number of phenols is 1. The first-order chi connectivity index (χ1) is 10.9. The summed E-state index contributed by atoms with van der Waals surface area (Å²) in [6.45, 7) is 1.92. The zero-order valence-corrected chi connectivity index (χ0v) is 15.3. The number of halogens is 1. The number of hydrogen-bond acceptors (Lipinski definition) is 6. The molecule has 0 fully saturated rings. The molecule has 3 N–H and O–H groups in total. The summed E-state index contributed by atoms with van der Waals surface area (Å²) >= 11 is 2.91. The molecule has 0 atom stereocenters. The van der Waals surface area contributed by atoms with E-state index < -0.39 is 5.97 Å². The third kappa shape index (κ3) is 4.38. The molecule has 0 unspecified atom stereocenters. The zero-order chi connectivity index (χ0) is 17.0. The average molecular weight is 447 g/mol. The van der Waals surface area contributed by atoms with E-state index in [1.54, 1.807) is 12.1 Å². The molecule has 0 spiro atoms. The van der Waals surface area contributed by atoms with E-state index in [1.807, 2.05) is 29.5 Å². The van der Waals surface area contributed by atoms with Gasteiger partial charge in [0.1, 0.15) is 10.7 Å². The van der Waals surface area contributed by atoms with E-state index in [0.717, 1.165) is 11.8 Å². The van der Waals surface area contributed by atoms with Gasteiger partial charge in [-0.05, 0) is 58.1 Å². The third-order valence-corrected chi connectivity index (χ3v) is 4.53. The number of aromatic hydroxyl groups is 1. The first-order valence-corrected chi connectivity index (χ1v) is 8.44. The van der Waals surface area contributed by atoms with E-state index in [4.69, 9.17) is 4.74 Å². The standard InChI is InChI=1S/C14H14IN3O4S/c1-3-11-16-14(18-17-11)23-10(13(20)21)6-7-4-8(15)12(19)9(5-7)22-2/h4-6,19H,3H2,1-2H3,(H,20,21)(H,16,17,18)/b10-6-. The first kappa shape index (κ1) is 17.6. The van der Waals surface area contributed by atoms with Crippen molar-refractivity contribution < 1.29 is 19.7 Å². The Morgan fingerprint density at radius 3 is 2.83 bits per heavy atom. The highest BCUT2D eigenvalue weighted by molar-refractivity contribution is 14.1. The van der Waals surface area contributed by atoms with Gasteiger partial charge in [-0.25, -0.2) is 9.78 Å². The predicted molar refractivity (Wildman–Crippen MR) is 94.6 cm³/mol. The highest BCUT2D eigenvalue weighted by atomic mass is 127. The minimum Gasteiger partial charge on any atom is -0.504 e. The molecule has 9 heteroatoms. The minimum absolute atomic E-state index is 0.0244. The van der Waals surface area contributed by atoms with Crippen LogP contribution in [-0.2, 0) is 11.2 Å². The van der Waals surface area contributed by atoms with Crippen molar-refractivity contribution in [2.24, 2.45) is 0 Å². The van der Waals surface area contributed by atoms with Crippen molar-refractivity contribution in [2.45, 2.75) is 18.5 Å². The van der Waals surface area contributed by atoms with E-state index in [0.29, 0.717) is 26.5 Å². The number of ether oxygens (including phenoxy) is 1. The van der Waals surface area contributed by atoms with E-state index >= 15 is 0 Å². The van der Waals surface area contributed by atoms with Gasteiger partial charge in [0.15, 0.2) is 11.5 Å². The number of phenolic OH excluding ortho intramolecular Hbond substituents is 1. The van der Waals surface area contributed by atoms with Crippen LogP contribution in [0.5, 0.6) is 11.5 Å². The number of aromatic amines is 1. The Labute approximate surface area is 150 Å². The number of H-pyrrole nitrogens is 1. The molecule has 1 heterocycles. The molecule has 0 saturated carbocycles. The maximum absolute atomic E-state index is 11.5. The molecule has 2 rings (SSSR count). The highest BCUT2D eigenvalue weighted by Gasteiger charge is 2.15. The Kier molecular flexibility index (Phi) is 5.88. The lowest BCUT2D eigenvalue weighted by molar-refractivity contribution is -0.131. The summed E-state index contributed by atoms with van der Waals surface area (Å²) in [4.78, 5) is 15.7. The number of nitrogens with one attached hydrogen (secondary N) is 1. The quantitative estimate of drug-likeness (QED) is 0.355. The molecule has 0 aliphatic carbocycles. The zero-order valence-electron chi connectivity index (χ0n) is 12.3. The first-order valence-electron chi connectivity index (χ1n) is 6.55. The van der Waals surface area contributed by atoms with Gasteiger partial charge in [0, 0.05) is 6.42 Å². The number of thioether (sulfide) groups is 1. The van der Waals surface area contributed by atoms with Gasteiger partial charge in [-0.1, -0.05) is 6.92 Å². The number of carboxylic acids is 1. The maximum Gasteiger partial charge on any atom is 0.342 e. The van der Waals surface area contributed by atoms with E-state index in [-0.39, 0.29) is 16.4 Å². The van der Waals surface area contributed by atoms with Crippen LogP contribution >= 0.6 is 34.4 Å². The summed E-state index contributed by atoms with van der Waals surface area (Å²) in [5.41, 5.74) is 0.597. The lowest BCUT2D eigenvalue weighted by Crippen LogP contribution is -1.98. The molecule has 0 saturated heterocycles. The normalized spacial score (nSPS) is 11.5. The van der Waals surface area contributed by atoms with Crippen LogP contribution in [0.1, 0.15) is 18.3 Å². The van der Waals surface area contributed by atoms with Gasteiger partial charge in [-0.3, -0.25) is 5.10 Å². The van der Waals surface area contributed by atoms with Crippen LogP contribution in [0, 0.1) is 3.57 Å². The largest absolute Gasteiger partial charge is 0.504 e. The molecular formula is C14H14IN3O4S. The topological polar surface area (TPSA) is 108 Å². The Morgan fingerprint density at radius 2 is 2.26 bits per heavy atom. The summed E-state index contributed by atoms with van der Waals surface area (Å²) in [7, 11) is 1.44. The van der Waals surface area contributed by atoms with Gasteiger partial charge >= 0.3 is 5.97 Å². The number of hydrogen-bond donors (Lipinski definition) is 3. The molecule has 0 bridgehead atoms. The van der Waals surface area contributed by atoms with Gasteiger partial charge in [0.25, 0.3) is 0 Å². The number of carbonyl (C=O) groups is 1. The van der Waals surface area contributed by atoms with Crippen LogP contribution in [0.3, 0.4) is 0 Å². The van der Waals surface area contributed by atoms with Crippen molar-refractivity contribution in [2.75, 3.05) is 7.11 Å². The van der Waals surface area contributed by atoms with Gasteiger partial charge in [-0.2, -0.15) is 0 Å². The average Bonchev–Trinajstić information content (AvgIpc) is 2.97. The maximum atomic E-state index is 11.5. The lowest BCUT2D eigenvalue weighted by Gasteiger charge is -2.07. The molecule has 0 amide bonds. The fourth-order valence-electron chi connectivity index (χ4n) is 1.70. The molecule has 7 nitrogen and oxygen atoms in total. The van der Waals surface area contributed by atoms with Crippen molar-refractivity contribution in [1.29, 1.82) is 0 Å². The smallest absolute Gasteiger partial charge is 0.342 e. The lowest BCUT2D eigenvalue weighted by atomic mass is 10.2. The van der Waals surface area contributed by atoms with Gasteiger partial charge in [-0.15, -0.1) is 5.10 Å². The van der Waals surface area contributed by atoms with Crippen molar-refractivity contribution in [1.82, 2.24) is 15.2 Å². The fraction of sp³-hybridized carbons (Fsp3) is 0.214. The summed E-state index contributed by atoms with van der Waals surface area (Å²) < 4.78 is 5.64. The number of carboxylic acid groups (broad SMARTS) is 1. The van der Waals surface area contributed by atoms with Gasteiger partial charge in [0.2, 0.25) is 5.16 Å². The summed E-state index contributed by atoms with van der Waals surface area (Å²) in [5.74, 6) is -0.0848. The van der Waals surface area contributed by atoms with E-state index in [2.05, 4.69) is 15.2 Å². The molecule has 0 radical (unpaired) electrons. The number of methoxy groups -OCH3 is 1. The number of aliphatic carboxylic acids is 1. The third-order valence-electron chi connectivity index (χ3n) is 2.83. The van der Waals surface area contributed by atoms with Gasteiger partial charge in [0.05, 0.1) is 10.7 Å². The molecule has 1 aromatic carbocycles. The van der Waals surface area contributed by atoms with Crippen LogP contribution in [-0.4, -0.2) is 38.5 Å². The minimum atomic E-state index is -1.08. The van der Waals surface area contributed by atoms with Crippen molar-refractivity contribution in [3.8, 4) is 11.5 Å². The van der Waals surface area contributed by atoms with Gasteiger partial charge < -0.3 is 14.9 Å². The molecule has 122 valence electrons. The van der Waals surface area contributed by atoms with Crippen molar-refractivity contribution in [3.05, 3.63) is 32.0 Å². The molecule has 0 aliphatic rings. The molecule has 23 heavy (non-hydrogen) atoms. The van der Waals surface area contributed by atoms with Crippen molar-refractivity contribution >= 4 is 46.4 Å². The Balaban J connectivity index is 2.35. The van der Waals surface area contributed by atoms with Crippen LogP contribution < -0.4 is 4.74 Å². The molecule has 2 aromatic rings. The molecular weight excluding hydrogens is 433 g/mol. The predicted octanol–water partition coefficient (Wildman–Crippen LogP) is 2.90. The molecule has 1 aromatic heterocycles. The Hall–Kier alpha value is -1.75. The Morgan fingerprint density at radius 1 is 1.52 bits per heavy atom. The summed E-state index contributed by atoms with van der Waals surface area (Å²) in [6.07, 6.45) is 2.17. The monoisotopic (exact) mass is 447 g/mol. The van der Waals surface area contributed by atoms with Crippen LogP contribution in [0.25, 0.3) is 6.08 Å². The Bertz CT molecular complexity index is 760. The number of rotatable bonds is 6. The molecule has 0 aliphatic heterocycles. The second-order valence-corrected chi connectivity index (χ2v) is 6.56. The van der Waals surface area contributed by atoms with Crippen LogP contribution in [0.15, 0.2) is 22.2 Å². The fourth-order valence-corrected chi connectivity index (χ4v) is 3.05. The number of benzene rings is 1.